The van der Waals surface area contributed by atoms with Crippen LogP contribution in [-0.4, -0.2) is 118 Å². The third-order valence-electron chi connectivity index (χ3n) is 4.79. The Hall–Kier alpha value is -4.26. The summed E-state index contributed by atoms with van der Waals surface area (Å²) >= 11 is 0.602. The van der Waals surface area contributed by atoms with Gasteiger partial charge in [0.25, 0.3) is 0 Å². The van der Waals surface area contributed by atoms with E-state index in [0.29, 0.717) is 11.8 Å². The molecule has 3 atom stereocenters. The molecule has 5 amide bonds. The van der Waals surface area contributed by atoms with Crippen molar-refractivity contribution in [1.82, 2.24) is 31.9 Å². The van der Waals surface area contributed by atoms with Gasteiger partial charge < -0.3 is 47.2 Å². The molecule has 0 radical (unpaired) electrons. The predicted octanol–water partition coefficient (Wildman–Crippen LogP) is -4.02. The molecule has 18 nitrogen and oxygen atoms in total. The molecule has 0 aromatic rings. The third-order valence-corrected chi connectivity index (χ3v) is 5.47. The summed E-state index contributed by atoms with van der Waals surface area (Å²) in [6, 6.07) is -5.24. The van der Waals surface area contributed by atoms with Crippen LogP contribution in [0.5, 0.6) is 0 Å². The fraction of sp³-hybridized carbons (Fsp3) is 0.591. The maximum absolute atomic E-state index is 12.7. The average molecular weight is 607 g/mol. The number of carboxylic acid groups (broad SMARTS) is 3. The molecule has 0 saturated carbocycles. The Morgan fingerprint density at radius 3 is 1.41 bits per heavy atom. The second-order valence-corrected chi connectivity index (χ2v) is 9.46. The van der Waals surface area contributed by atoms with Gasteiger partial charge in [0.05, 0.1) is 38.9 Å². The van der Waals surface area contributed by atoms with Crippen molar-refractivity contribution in [3.63, 3.8) is 0 Å². The molecule has 0 aromatic carbocycles. The Morgan fingerprint density at radius 1 is 0.585 bits per heavy atom. The highest BCUT2D eigenvalue weighted by atomic mass is 32.2. The number of aliphatic carboxylic acids is 3. The number of hydrogen-bond acceptors (Lipinski definition) is 11. The Kier molecular flexibility index (Phi) is 17.0. The van der Waals surface area contributed by atoms with E-state index in [4.69, 9.17) is 15.3 Å². The van der Waals surface area contributed by atoms with Crippen molar-refractivity contribution >= 4 is 64.3 Å². The lowest BCUT2D eigenvalue weighted by Crippen LogP contribution is -2.57. The van der Waals surface area contributed by atoms with Crippen molar-refractivity contribution in [3.05, 3.63) is 0 Å². The topological polar surface area (TPSA) is 286 Å². The van der Waals surface area contributed by atoms with Gasteiger partial charge in [-0.05, 0) is 6.26 Å². The number of hydrogen-bond donors (Lipinski definition) is 9. The summed E-state index contributed by atoms with van der Waals surface area (Å²) in [5, 5.41) is 39.8. The van der Waals surface area contributed by atoms with Gasteiger partial charge in [-0.2, -0.15) is 0 Å². The fourth-order valence-electron chi connectivity index (χ4n) is 2.85. The highest BCUT2D eigenvalue weighted by molar-refractivity contribution is 8.13. The summed E-state index contributed by atoms with van der Waals surface area (Å²) in [4.78, 5) is 107. The van der Waals surface area contributed by atoms with Crippen LogP contribution in [0.15, 0.2) is 0 Å². The molecular formula is C22H34N6O12S. The van der Waals surface area contributed by atoms with E-state index in [1.807, 2.05) is 29.8 Å². The first-order chi connectivity index (χ1) is 19.0. The minimum atomic E-state index is -1.88. The molecule has 0 bridgehead atoms. The summed E-state index contributed by atoms with van der Waals surface area (Å²) < 4.78 is 0. The molecule has 9 N–H and O–H groups in total. The number of amides is 5. The zero-order valence-corrected chi connectivity index (χ0v) is 23.3. The van der Waals surface area contributed by atoms with E-state index >= 15 is 0 Å². The van der Waals surface area contributed by atoms with Gasteiger partial charge in [-0.1, -0.05) is 25.6 Å². The van der Waals surface area contributed by atoms with Crippen LogP contribution in [0.3, 0.4) is 0 Å². The zero-order valence-electron chi connectivity index (χ0n) is 22.5. The molecule has 0 aliphatic heterocycles. The summed E-state index contributed by atoms with van der Waals surface area (Å²) in [5.74, 6) is -9.40. The maximum Gasteiger partial charge on any atom is 0.305 e. The van der Waals surface area contributed by atoms with E-state index in [1.54, 1.807) is 0 Å². The molecule has 0 aromatic heterocycles. The van der Waals surface area contributed by atoms with Crippen molar-refractivity contribution < 1.29 is 58.5 Å². The molecule has 0 rings (SSSR count). The lowest BCUT2D eigenvalue weighted by molar-refractivity contribution is -0.143. The number of nitrogens with one attached hydrogen (secondary N) is 6. The Labute approximate surface area is 238 Å². The molecule has 0 heterocycles. The highest BCUT2D eigenvalue weighted by Gasteiger charge is 2.32. The molecule has 0 saturated heterocycles. The summed E-state index contributed by atoms with van der Waals surface area (Å²) in [7, 11) is 0. The second kappa shape index (κ2) is 18.9. The van der Waals surface area contributed by atoms with Gasteiger partial charge in [0.1, 0.15) is 18.1 Å². The lowest BCUT2D eigenvalue weighted by atomic mass is 10.1. The van der Waals surface area contributed by atoms with Crippen LogP contribution >= 0.6 is 11.8 Å². The summed E-state index contributed by atoms with van der Waals surface area (Å²) in [6.07, 6.45) is -1.55. The van der Waals surface area contributed by atoms with E-state index in [9.17, 15) is 43.2 Å². The summed E-state index contributed by atoms with van der Waals surface area (Å²) in [5.41, 5.74) is 0. The average Bonchev–Trinajstić information content (AvgIpc) is 2.86. The minimum absolute atomic E-state index is 0.0289. The largest absolute Gasteiger partial charge is 0.481 e. The molecule has 0 spiro atoms. The number of thioether (sulfide) groups is 1. The van der Waals surface area contributed by atoms with Crippen LogP contribution in [0.1, 0.15) is 33.1 Å². The molecule has 0 aliphatic rings. The monoisotopic (exact) mass is 606 g/mol. The first-order valence-corrected chi connectivity index (χ1v) is 13.2. The normalized spacial score (nSPS) is 12.7. The van der Waals surface area contributed by atoms with Crippen LogP contribution in [0.25, 0.3) is 0 Å². The van der Waals surface area contributed by atoms with Crippen LogP contribution in [0.4, 0.5) is 0 Å². The second-order valence-electron chi connectivity index (χ2n) is 8.65. The maximum atomic E-state index is 12.7. The van der Waals surface area contributed by atoms with Crippen LogP contribution in [-0.2, 0) is 43.2 Å². The first kappa shape index (κ1) is 36.7. The van der Waals surface area contributed by atoms with Crippen molar-refractivity contribution in [3.8, 4) is 0 Å². The van der Waals surface area contributed by atoms with Crippen molar-refractivity contribution in [2.75, 3.05) is 25.9 Å². The highest BCUT2D eigenvalue weighted by Crippen LogP contribution is 2.07. The van der Waals surface area contributed by atoms with Crippen LogP contribution in [0, 0.1) is 0 Å². The van der Waals surface area contributed by atoms with E-state index in [2.05, 4.69) is 16.0 Å². The standard InChI is InChI=1S/C22H34N6O12S/c1-10(2)23-7-14(29)24-8-15(30)25-9-16(31)26-11(4-17(32)33)20(38)27-12(5-18(34)35)21(39)28-13(6-19(36)37)22(40)41-3/h10-13,23H,4-9H2,1-3H3,(H,24,29)(H,25,30)(H,26,31)(H,27,38)(H,28,39)(H,32,33)(H,34,35)(H,36,37). The Bertz CT molecular complexity index is 1020. The van der Waals surface area contributed by atoms with Gasteiger partial charge >= 0.3 is 17.9 Å². The van der Waals surface area contributed by atoms with E-state index in [0.717, 1.165) is 0 Å². The number of carbonyl (C=O) groups is 9. The van der Waals surface area contributed by atoms with E-state index < -0.39 is 103 Å². The SMILES string of the molecule is CSC(=O)C(CC(=O)O)NC(=O)C(CC(=O)O)NC(=O)C(CC(=O)O)NC(=O)CNC(=O)CNC(=O)CNC(C)C. The first-order valence-electron chi connectivity index (χ1n) is 12.0. The minimum Gasteiger partial charge on any atom is -0.481 e. The van der Waals surface area contributed by atoms with Gasteiger partial charge in [0.15, 0.2) is 0 Å². The molecule has 0 fully saturated rings. The van der Waals surface area contributed by atoms with Crippen molar-refractivity contribution in [2.24, 2.45) is 0 Å². The van der Waals surface area contributed by atoms with Crippen molar-refractivity contribution in [1.29, 1.82) is 0 Å². The van der Waals surface area contributed by atoms with Gasteiger partial charge in [0, 0.05) is 6.04 Å². The van der Waals surface area contributed by atoms with Gasteiger partial charge in [-0.25, -0.2) is 0 Å². The molecule has 41 heavy (non-hydrogen) atoms. The van der Waals surface area contributed by atoms with Gasteiger partial charge in [0.2, 0.25) is 34.7 Å². The molecule has 230 valence electrons. The van der Waals surface area contributed by atoms with Gasteiger partial charge in [-0.3, -0.25) is 43.2 Å². The summed E-state index contributed by atoms with van der Waals surface area (Å²) in [6.45, 7) is 2.37. The Balaban J connectivity index is 5.30. The zero-order chi connectivity index (χ0) is 31.7. The predicted molar refractivity (Wildman–Crippen MR) is 140 cm³/mol. The van der Waals surface area contributed by atoms with E-state index in [1.165, 1.54) is 6.26 Å². The molecule has 3 unspecified atom stereocenters. The smallest absolute Gasteiger partial charge is 0.305 e. The van der Waals surface area contributed by atoms with Crippen molar-refractivity contribution in [2.45, 2.75) is 57.3 Å². The quantitative estimate of drug-likeness (QED) is 0.0677. The lowest BCUT2D eigenvalue weighted by Gasteiger charge is -2.23. The molecule has 19 heteroatoms. The van der Waals surface area contributed by atoms with Crippen LogP contribution in [0.2, 0.25) is 0 Å². The third kappa shape index (κ3) is 17.1. The van der Waals surface area contributed by atoms with Crippen LogP contribution < -0.4 is 31.9 Å². The Morgan fingerprint density at radius 2 is 0.976 bits per heavy atom. The van der Waals surface area contributed by atoms with Gasteiger partial charge in [-0.15, -0.1) is 0 Å². The number of rotatable bonds is 19. The number of carboxylic acids is 3. The molecule has 0 aliphatic carbocycles. The van der Waals surface area contributed by atoms with E-state index in [-0.39, 0.29) is 12.6 Å². The molecular weight excluding hydrogens is 572 g/mol. The number of carbonyl (C=O) groups excluding carboxylic acids is 6. The fourth-order valence-corrected chi connectivity index (χ4v) is 3.27.